The minimum Gasteiger partial charge on any atom is -0.403 e. The first-order chi connectivity index (χ1) is 13.9. The first-order valence-corrected chi connectivity index (χ1v) is 9.81. The van der Waals surface area contributed by atoms with Crippen LogP contribution in [0.5, 0.6) is 0 Å². The molecule has 154 valence electrons. The van der Waals surface area contributed by atoms with Gasteiger partial charge in [0.05, 0.1) is 29.6 Å². The molecular formula is C18H20FN5O4S. The van der Waals surface area contributed by atoms with Crippen molar-refractivity contribution in [2.75, 3.05) is 30.0 Å². The van der Waals surface area contributed by atoms with Crippen molar-refractivity contribution < 1.29 is 19.0 Å². The van der Waals surface area contributed by atoms with Gasteiger partial charge in [-0.2, -0.15) is 0 Å². The number of benzene rings is 1. The maximum absolute atomic E-state index is 14.4. The van der Waals surface area contributed by atoms with Crippen LogP contribution in [0, 0.1) is 5.82 Å². The molecule has 0 spiro atoms. The Bertz CT molecular complexity index is 1050. The lowest BCUT2D eigenvalue weighted by Gasteiger charge is -2.12. The summed E-state index contributed by atoms with van der Waals surface area (Å²) in [6.07, 6.45) is 2.37. The van der Waals surface area contributed by atoms with Crippen molar-refractivity contribution in [3.05, 3.63) is 46.6 Å². The van der Waals surface area contributed by atoms with E-state index < -0.39 is 18.5 Å². The van der Waals surface area contributed by atoms with Crippen LogP contribution in [0.3, 0.4) is 0 Å². The molecule has 0 saturated heterocycles. The Balaban J connectivity index is 1.93. The van der Waals surface area contributed by atoms with E-state index in [-0.39, 0.29) is 29.7 Å². The molecule has 3 aromatic rings. The fourth-order valence-corrected chi connectivity index (χ4v) is 2.87. The van der Waals surface area contributed by atoms with E-state index in [9.17, 15) is 14.3 Å². The van der Waals surface area contributed by atoms with Gasteiger partial charge >= 0.3 is 6.01 Å². The number of rotatable bonds is 8. The van der Waals surface area contributed by atoms with Gasteiger partial charge in [-0.05, 0) is 24.5 Å². The fraction of sp³-hybridized carbons (Fsp3) is 0.278. The third-order valence-electron chi connectivity index (χ3n) is 4.03. The SMILES string of the molecule is CSc1ccc(Nc2cc(=O)n(C)cc2-c2nnc(NCC(O)CO)o2)c(F)c1. The molecule has 1 unspecified atom stereocenters. The molecule has 1 atom stereocenters. The Morgan fingerprint density at radius 1 is 1.31 bits per heavy atom. The smallest absolute Gasteiger partial charge is 0.315 e. The molecule has 2 heterocycles. The largest absolute Gasteiger partial charge is 0.403 e. The van der Waals surface area contributed by atoms with Crippen LogP contribution >= 0.6 is 11.8 Å². The highest BCUT2D eigenvalue weighted by Crippen LogP contribution is 2.31. The molecule has 4 N–H and O–H groups in total. The third kappa shape index (κ3) is 4.94. The van der Waals surface area contributed by atoms with Crippen molar-refractivity contribution in [3.8, 4) is 11.5 Å². The zero-order valence-electron chi connectivity index (χ0n) is 15.7. The lowest BCUT2D eigenvalue weighted by atomic mass is 10.2. The van der Waals surface area contributed by atoms with E-state index in [0.29, 0.717) is 11.3 Å². The summed E-state index contributed by atoms with van der Waals surface area (Å²) in [6, 6.07) is 6.08. The highest BCUT2D eigenvalue weighted by Gasteiger charge is 2.17. The van der Waals surface area contributed by atoms with Crippen LogP contribution in [0.2, 0.25) is 0 Å². The molecule has 11 heteroatoms. The van der Waals surface area contributed by atoms with E-state index in [1.807, 2.05) is 6.26 Å². The fourth-order valence-electron chi connectivity index (χ4n) is 2.45. The summed E-state index contributed by atoms with van der Waals surface area (Å²) < 4.78 is 21.2. The third-order valence-corrected chi connectivity index (χ3v) is 4.75. The van der Waals surface area contributed by atoms with E-state index in [1.54, 1.807) is 19.2 Å². The Kier molecular flexibility index (Phi) is 6.52. The van der Waals surface area contributed by atoms with E-state index in [4.69, 9.17) is 9.52 Å². The zero-order chi connectivity index (χ0) is 21.0. The Morgan fingerprint density at radius 2 is 2.10 bits per heavy atom. The molecular weight excluding hydrogens is 401 g/mol. The van der Waals surface area contributed by atoms with Gasteiger partial charge in [-0.25, -0.2) is 4.39 Å². The number of aryl methyl sites for hydroxylation is 1. The average Bonchev–Trinajstić information content (AvgIpc) is 3.18. The van der Waals surface area contributed by atoms with E-state index in [2.05, 4.69) is 20.8 Å². The topological polar surface area (TPSA) is 125 Å². The van der Waals surface area contributed by atoms with Crippen LogP contribution < -0.4 is 16.2 Å². The summed E-state index contributed by atoms with van der Waals surface area (Å²) in [5.74, 6) is -0.375. The lowest BCUT2D eigenvalue weighted by molar-refractivity contribution is 0.105. The summed E-state index contributed by atoms with van der Waals surface area (Å²) >= 11 is 1.42. The molecule has 9 nitrogen and oxygen atoms in total. The second kappa shape index (κ2) is 9.07. The molecule has 2 aromatic heterocycles. The molecule has 1 aromatic carbocycles. The summed E-state index contributed by atoms with van der Waals surface area (Å²) in [6.45, 7) is -0.396. The van der Waals surface area contributed by atoms with Gasteiger partial charge in [0, 0.05) is 30.8 Å². The lowest BCUT2D eigenvalue weighted by Crippen LogP contribution is -2.23. The Morgan fingerprint density at radius 3 is 2.79 bits per heavy atom. The highest BCUT2D eigenvalue weighted by molar-refractivity contribution is 7.98. The normalized spacial score (nSPS) is 12.0. The van der Waals surface area contributed by atoms with E-state index in [1.165, 1.54) is 34.7 Å². The molecule has 0 saturated carbocycles. The van der Waals surface area contributed by atoms with Crippen molar-refractivity contribution in [2.45, 2.75) is 11.0 Å². The van der Waals surface area contributed by atoms with Crippen LogP contribution in [-0.4, -0.2) is 50.5 Å². The molecule has 0 fully saturated rings. The summed E-state index contributed by atoms with van der Waals surface area (Å²) in [5, 5.41) is 31.6. The number of pyridine rings is 1. The zero-order valence-corrected chi connectivity index (χ0v) is 16.5. The maximum Gasteiger partial charge on any atom is 0.315 e. The number of nitrogens with zero attached hydrogens (tertiary/aromatic N) is 3. The van der Waals surface area contributed by atoms with Gasteiger partial charge in [-0.15, -0.1) is 16.9 Å². The predicted molar refractivity (Wildman–Crippen MR) is 108 cm³/mol. The molecule has 29 heavy (non-hydrogen) atoms. The number of hydrogen-bond donors (Lipinski definition) is 4. The Hall–Kier alpha value is -2.89. The molecule has 0 aliphatic carbocycles. The van der Waals surface area contributed by atoms with Crippen molar-refractivity contribution in [3.63, 3.8) is 0 Å². The molecule has 0 aliphatic rings. The number of aliphatic hydroxyl groups is 2. The summed E-state index contributed by atoms with van der Waals surface area (Å²) in [7, 11) is 1.57. The first-order valence-electron chi connectivity index (χ1n) is 8.59. The highest BCUT2D eigenvalue weighted by atomic mass is 32.2. The second-order valence-electron chi connectivity index (χ2n) is 6.15. The van der Waals surface area contributed by atoms with Gasteiger partial charge in [-0.3, -0.25) is 4.79 Å². The average molecular weight is 421 g/mol. The van der Waals surface area contributed by atoms with Crippen LogP contribution in [0.1, 0.15) is 0 Å². The molecule has 0 radical (unpaired) electrons. The first kappa shape index (κ1) is 20.8. The number of aromatic nitrogens is 3. The van der Waals surface area contributed by atoms with Crippen molar-refractivity contribution in [2.24, 2.45) is 7.05 Å². The van der Waals surface area contributed by atoms with Crippen molar-refractivity contribution >= 4 is 29.2 Å². The summed E-state index contributed by atoms with van der Waals surface area (Å²) in [4.78, 5) is 12.9. The van der Waals surface area contributed by atoms with E-state index in [0.717, 1.165) is 4.90 Å². The standard InChI is InChI=1S/C18H20FN5O4S/c1-24-8-12(17-22-23-18(28-17)20-7-10(26)9-25)15(6-16(24)27)21-14-4-3-11(29-2)5-13(14)19/h3-6,8,10,21,25-26H,7,9H2,1-2H3,(H,20,23). The summed E-state index contributed by atoms with van der Waals surface area (Å²) in [5.41, 5.74) is 0.584. The maximum atomic E-state index is 14.4. The van der Waals surface area contributed by atoms with Gasteiger partial charge in [0.2, 0.25) is 0 Å². The monoisotopic (exact) mass is 421 g/mol. The number of hydrogen-bond acceptors (Lipinski definition) is 9. The number of anilines is 3. The van der Waals surface area contributed by atoms with Crippen LogP contribution in [0.4, 0.5) is 21.8 Å². The minimum absolute atomic E-state index is 0.0174. The number of halogens is 1. The van der Waals surface area contributed by atoms with Gasteiger partial charge in [0.15, 0.2) is 0 Å². The van der Waals surface area contributed by atoms with Crippen LogP contribution in [0.25, 0.3) is 11.5 Å². The van der Waals surface area contributed by atoms with Crippen molar-refractivity contribution in [1.29, 1.82) is 0 Å². The predicted octanol–water partition coefficient (Wildman–Crippen LogP) is 1.80. The number of nitrogens with one attached hydrogen (secondary N) is 2. The van der Waals surface area contributed by atoms with Crippen LogP contribution in [-0.2, 0) is 7.05 Å². The van der Waals surface area contributed by atoms with Gasteiger partial charge in [0.25, 0.3) is 11.4 Å². The van der Waals surface area contributed by atoms with Crippen LogP contribution in [0.15, 0.2) is 44.6 Å². The molecule has 3 rings (SSSR count). The number of thioether (sulfide) groups is 1. The number of aliphatic hydroxyl groups excluding tert-OH is 2. The van der Waals surface area contributed by atoms with Gasteiger partial charge < -0.3 is 29.8 Å². The molecule has 0 amide bonds. The van der Waals surface area contributed by atoms with Gasteiger partial charge in [0.1, 0.15) is 5.82 Å². The Labute approximate surface area is 169 Å². The second-order valence-corrected chi connectivity index (χ2v) is 7.03. The quantitative estimate of drug-likeness (QED) is 0.403. The molecule has 0 bridgehead atoms. The van der Waals surface area contributed by atoms with Crippen molar-refractivity contribution in [1.82, 2.24) is 14.8 Å². The van der Waals surface area contributed by atoms with Gasteiger partial charge in [-0.1, -0.05) is 5.10 Å². The van der Waals surface area contributed by atoms with E-state index >= 15 is 0 Å². The molecule has 0 aliphatic heterocycles. The minimum atomic E-state index is -0.979.